The average molecular weight is 376 g/mol. The first-order valence-electron chi connectivity index (χ1n) is 10.2. The van der Waals surface area contributed by atoms with Crippen LogP contribution in [0, 0.1) is 0 Å². The molecule has 0 radical (unpaired) electrons. The number of nitrogens with two attached hydrogens (primary N) is 1. The van der Waals surface area contributed by atoms with Crippen LogP contribution in [-0.2, 0) is 6.61 Å². The lowest BCUT2D eigenvalue weighted by molar-refractivity contribution is 0.0941. The molecule has 1 unspecified atom stereocenters. The summed E-state index contributed by atoms with van der Waals surface area (Å²) in [5, 5.41) is 16.0. The van der Waals surface area contributed by atoms with Crippen molar-refractivity contribution in [2.24, 2.45) is 5.73 Å². The molecule has 7 nitrogen and oxygen atoms in total. The van der Waals surface area contributed by atoms with Gasteiger partial charge in [-0.05, 0) is 44.7 Å². The van der Waals surface area contributed by atoms with Gasteiger partial charge in [-0.3, -0.25) is 4.79 Å². The van der Waals surface area contributed by atoms with Gasteiger partial charge < -0.3 is 26.4 Å². The Balaban J connectivity index is 1.66. The molecule has 2 aliphatic rings. The zero-order valence-corrected chi connectivity index (χ0v) is 16.3. The zero-order valence-electron chi connectivity index (χ0n) is 16.3. The number of hydrogen-bond donors (Lipinski definition) is 4. The first-order chi connectivity index (χ1) is 13.1. The van der Waals surface area contributed by atoms with E-state index >= 15 is 0 Å². The van der Waals surface area contributed by atoms with Crippen molar-refractivity contribution in [3.8, 4) is 0 Å². The van der Waals surface area contributed by atoms with Gasteiger partial charge in [-0.2, -0.15) is 0 Å². The van der Waals surface area contributed by atoms with E-state index in [4.69, 9.17) is 5.73 Å². The first kappa shape index (κ1) is 20.0. The Bertz CT molecular complexity index is 623. The Morgan fingerprint density at radius 2 is 1.89 bits per heavy atom. The van der Waals surface area contributed by atoms with Crippen LogP contribution in [0.4, 0.5) is 5.82 Å². The minimum Gasteiger partial charge on any atom is -0.390 e. The van der Waals surface area contributed by atoms with Gasteiger partial charge in [-0.1, -0.05) is 19.3 Å². The van der Waals surface area contributed by atoms with Crippen molar-refractivity contribution in [1.82, 2.24) is 15.6 Å². The third kappa shape index (κ3) is 5.40. The molecule has 0 bridgehead atoms. The smallest absolute Gasteiger partial charge is 0.256 e. The van der Waals surface area contributed by atoms with E-state index < -0.39 is 6.17 Å². The molecule has 1 saturated carbocycles. The van der Waals surface area contributed by atoms with Crippen LogP contribution in [0.15, 0.2) is 12.1 Å². The lowest BCUT2D eigenvalue weighted by Gasteiger charge is -2.36. The summed E-state index contributed by atoms with van der Waals surface area (Å²) in [5.74, 6) is 0.426. The van der Waals surface area contributed by atoms with Gasteiger partial charge in [0.05, 0.1) is 24.0 Å². The topological polar surface area (TPSA) is 104 Å². The highest BCUT2D eigenvalue weighted by molar-refractivity contribution is 5.99. The number of rotatable bonds is 6. The second-order valence-corrected chi connectivity index (χ2v) is 7.86. The molecule has 1 atom stereocenters. The van der Waals surface area contributed by atoms with Crippen molar-refractivity contribution in [1.29, 1.82) is 0 Å². The average Bonchev–Trinajstić information content (AvgIpc) is 2.68. The van der Waals surface area contributed by atoms with Gasteiger partial charge in [0.1, 0.15) is 5.82 Å². The summed E-state index contributed by atoms with van der Waals surface area (Å²) in [4.78, 5) is 19.2. The molecule has 2 heterocycles. The van der Waals surface area contributed by atoms with Crippen molar-refractivity contribution in [2.75, 3.05) is 18.0 Å². The molecule has 1 amide bonds. The summed E-state index contributed by atoms with van der Waals surface area (Å²) in [7, 11) is 0. The molecule has 0 aromatic carbocycles. The molecule has 2 fully saturated rings. The number of nitrogens with zero attached hydrogens (tertiary/aromatic N) is 2. The molecule has 5 N–H and O–H groups in total. The number of carbonyl (C=O) groups excluding carboxylic acids is 1. The molecule has 1 aromatic heterocycles. The Morgan fingerprint density at radius 3 is 2.52 bits per heavy atom. The molecule has 1 aliphatic heterocycles. The molecule has 1 saturated heterocycles. The lowest BCUT2D eigenvalue weighted by Crippen LogP contribution is -2.47. The SMILES string of the molecule is CC(N)NC(=O)c1ccc(CO)nc1N1CCC(NC2CCCCC2)CC1. The maximum absolute atomic E-state index is 12.5. The second-order valence-electron chi connectivity index (χ2n) is 7.86. The van der Waals surface area contributed by atoms with E-state index in [2.05, 4.69) is 20.5 Å². The van der Waals surface area contributed by atoms with Gasteiger partial charge >= 0.3 is 0 Å². The van der Waals surface area contributed by atoms with Crippen molar-refractivity contribution in [2.45, 2.75) is 76.7 Å². The van der Waals surface area contributed by atoms with E-state index in [1.165, 1.54) is 32.1 Å². The number of aliphatic hydroxyl groups is 1. The van der Waals surface area contributed by atoms with Crippen molar-refractivity contribution < 1.29 is 9.90 Å². The van der Waals surface area contributed by atoms with E-state index in [0.717, 1.165) is 25.9 Å². The maximum atomic E-state index is 12.5. The molecule has 150 valence electrons. The van der Waals surface area contributed by atoms with Gasteiger partial charge in [-0.15, -0.1) is 0 Å². The van der Waals surface area contributed by atoms with Crippen molar-refractivity contribution in [3.63, 3.8) is 0 Å². The number of carbonyl (C=O) groups is 1. The highest BCUT2D eigenvalue weighted by Crippen LogP contribution is 2.25. The highest BCUT2D eigenvalue weighted by Gasteiger charge is 2.26. The van der Waals surface area contributed by atoms with E-state index in [1.54, 1.807) is 19.1 Å². The van der Waals surface area contributed by atoms with Crippen LogP contribution < -0.4 is 21.3 Å². The van der Waals surface area contributed by atoms with E-state index in [0.29, 0.717) is 29.2 Å². The molecule has 1 aliphatic carbocycles. The molecule has 0 spiro atoms. The van der Waals surface area contributed by atoms with Gasteiger partial charge in [-0.25, -0.2) is 4.98 Å². The monoisotopic (exact) mass is 375 g/mol. The van der Waals surface area contributed by atoms with E-state index in [-0.39, 0.29) is 12.5 Å². The van der Waals surface area contributed by atoms with Gasteiger partial charge in [0.15, 0.2) is 0 Å². The molecule has 7 heteroatoms. The molecular weight excluding hydrogens is 342 g/mol. The minimum absolute atomic E-state index is 0.137. The third-order valence-corrected chi connectivity index (χ3v) is 5.57. The maximum Gasteiger partial charge on any atom is 0.256 e. The van der Waals surface area contributed by atoms with Gasteiger partial charge in [0, 0.05) is 25.2 Å². The van der Waals surface area contributed by atoms with E-state index in [9.17, 15) is 9.90 Å². The van der Waals surface area contributed by atoms with Crippen LogP contribution in [0.3, 0.4) is 0 Å². The Labute approximate surface area is 161 Å². The van der Waals surface area contributed by atoms with Crippen LogP contribution in [0.2, 0.25) is 0 Å². The first-order valence-corrected chi connectivity index (χ1v) is 10.2. The summed E-state index contributed by atoms with van der Waals surface area (Å²) in [6, 6.07) is 4.62. The van der Waals surface area contributed by atoms with Crippen LogP contribution >= 0.6 is 0 Å². The second kappa shape index (κ2) is 9.48. The molecule has 3 rings (SSSR count). The molecule has 1 aromatic rings. The number of pyridine rings is 1. The fourth-order valence-electron chi connectivity index (χ4n) is 4.14. The largest absolute Gasteiger partial charge is 0.390 e. The van der Waals surface area contributed by atoms with E-state index in [1.807, 2.05) is 0 Å². The number of aliphatic hydroxyl groups excluding tert-OH is 1. The zero-order chi connectivity index (χ0) is 19.2. The van der Waals surface area contributed by atoms with Crippen LogP contribution in [0.1, 0.15) is 67.9 Å². The van der Waals surface area contributed by atoms with Gasteiger partial charge in [0.2, 0.25) is 0 Å². The standard InChI is InChI=1S/C20H33N5O2/c1-14(21)22-20(27)18-8-7-17(13-26)24-19(18)25-11-9-16(10-12-25)23-15-5-3-2-4-6-15/h7-8,14-16,23,26H,2-6,9-13,21H2,1H3,(H,22,27). The van der Waals surface area contributed by atoms with Crippen LogP contribution in [0.25, 0.3) is 0 Å². The summed E-state index contributed by atoms with van der Waals surface area (Å²) in [6.07, 6.45) is 8.29. The number of piperidine rings is 1. The Morgan fingerprint density at radius 1 is 1.22 bits per heavy atom. The molecule has 27 heavy (non-hydrogen) atoms. The lowest BCUT2D eigenvalue weighted by atomic mass is 9.93. The summed E-state index contributed by atoms with van der Waals surface area (Å²) in [6.45, 7) is 3.30. The number of nitrogens with one attached hydrogen (secondary N) is 2. The predicted molar refractivity (Wildman–Crippen MR) is 107 cm³/mol. The van der Waals surface area contributed by atoms with Crippen LogP contribution in [0.5, 0.6) is 0 Å². The predicted octanol–water partition coefficient (Wildman–Crippen LogP) is 1.50. The summed E-state index contributed by atoms with van der Waals surface area (Å²) < 4.78 is 0. The fourth-order valence-corrected chi connectivity index (χ4v) is 4.14. The Kier molecular flexibility index (Phi) is 7.04. The number of aromatic nitrogens is 1. The van der Waals surface area contributed by atoms with Crippen molar-refractivity contribution in [3.05, 3.63) is 23.4 Å². The normalized spacial score (nSPS) is 20.5. The van der Waals surface area contributed by atoms with Crippen molar-refractivity contribution >= 4 is 11.7 Å². The summed E-state index contributed by atoms with van der Waals surface area (Å²) >= 11 is 0. The fraction of sp³-hybridized carbons (Fsp3) is 0.700. The quantitative estimate of drug-likeness (QED) is 0.562. The molecular formula is C20H33N5O2. The number of hydrogen-bond acceptors (Lipinski definition) is 6. The summed E-state index contributed by atoms with van der Waals surface area (Å²) in [5.41, 5.74) is 6.80. The van der Waals surface area contributed by atoms with Crippen LogP contribution in [-0.4, -0.2) is 47.3 Å². The van der Waals surface area contributed by atoms with Gasteiger partial charge in [0.25, 0.3) is 5.91 Å². The minimum atomic E-state index is -0.423. The number of anilines is 1. The third-order valence-electron chi connectivity index (χ3n) is 5.57. The Hall–Kier alpha value is -1.70. The highest BCUT2D eigenvalue weighted by atomic mass is 16.3. The number of amides is 1.